The molecule has 1 N–H and O–H groups in total. The van der Waals surface area contributed by atoms with Gasteiger partial charge in [0.1, 0.15) is 0 Å². The van der Waals surface area contributed by atoms with Gasteiger partial charge in [-0.05, 0) is 24.3 Å². The van der Waals surface area contributed by atoms with E-state index in [0.29, 0.717) is 27.6 Å². The van der Waals surface area contributed by atoms with Crippen molar-refractivity contribution in [2.75, 3.05) is 25.2 Å². The zero-order valence-electron chi connectivity index (χ0n) is 15.5. The molecule has 1 amide bonds. The van der Waals surface area contributed by atoms with Crippen molar-refractivity contribution in [2.24, 2.45) is 0 Å². The summed E-state index contributed by atoms with van der Waals surface area (Å²) >= 11 is 0. The van der Waals surface area contributed by atoms with E-state index >= 15 is 0 Å². The normalized spacial score (nSPS) is 13.3. The minimum atomic E-state index is -4.88. The Labute approximate surface area is 170 Å². The molecule has 0 atom stereocenters. The van der Waals surface area contributed by atoms with Gasteiger partial charge in [0.2, 0.25) is 22.7 Å². The highest BCUT2D eigenvalue weighted by atomic mass is 32.2. The molecule has 0 aliphatic carbocycles. The standard InChI is InChI=1S/C19H17F3N2O5S/c1-2-9-24(30(26,27)17-6-4-3-5-14(17)19(20,21)22)11-18(25)23-13-7-8-15-16(10-13)29-12-28-15/h2-8,10H,1,9,11-12H2,(H,23,25). The maximum atomic E-state index is 13.3. The first-order valence-electron chi connectivity index (χ1n) is 8.59. The van der Waals surface area contributed by atoms with Crippen molar-refractivity contribution in [3.05, 3.63) is 60.7 Å². The zero-order chi connectivity index (χ0) is 21.9. The van der Waals surface area contributed by atoms with E-state index in [4.69, 9.17) is 9.47 Å². The number of carbonyl (C=O) groups is 1. The highest BCUT2D eigenvalue weighted by Gasteiger charge is 2.39. The number of benzene rings is 2. The molecular formula is C19H17F3N2O5S. The largest absolute Gasteiger partial charge is 0.454 e. The minimum Gasteiger partial charge on any atom is -0.454 e. The van der Waals surface area contributed by atoms with Gasteiger partial charge in [-0.2, -0.15) is 17.5 Å². The fourth-order valence-electron chi connectivity index (χ4n) is 2.79. The molecule has 2 aromatic rings. The molecular weight excluding hydrogens is 425 g/mol. The number of nitrogens with zero attached hydrogens (tertiary/aromatic N) is 1. The van der Waals surface area contributed by atoms with Gasteiger partial charge in [-0.1, -0.05) is 18.2 Å². The van der Waals surface area contributed by atoms with E-state index in [1.807, 2.05) is 0 Å². The van der Waals surface area contributed by atoms with Gasteiger partial charge < -0.3 is 14.8 Å². The summed E-state index contributed by atoms with van der Waals surface area (Å²) in [6.45, 7) is 2.39. The van der Waals surface area contributed by atoms with Crippen LogP contribution >= 0.6 is 0 Å². The Kier molecular flexibility index (Phi) is 6.04. The molecule has 1 heterocycles. The Morgan fingerprint density at radius 2 is 1.87 bits per heavy atom. The molecule has 0 spiro atoms. The summed E-state index contributed by atoms with van der Waals surface area (Å²) in [7, 11) is -4.64. The van der Waals surface area contributed by atoms with Crippen LogP contribution in [-0.2, 0) is 21.0 Å². The second-order valence-electron chi connectivity index (χ2n) is 6.20. The third-order valence-corrected chi connectivity index (χ3v) is 5.99. The van der Waals surface area contributed by atoms with Crippen LogP contribution < -0.4 is 14.8 Å². The van der Waals surface area contributed by atoms with Crippen LogP contribution in [0, 0.1) is 0 Å². The molecule has 0 fully saturated rings. The first kappa shape index (κ1) is 21.7. The smallest absolute Gasteiger partial charge is 0.417 e. The molecule has 0 saturated heterocycles. The number of nitrogens with one attached hydrogen (secondary N) is 1. The number of anilines is 1. The fraction of sp³-hybridized carbons (Fsp3) is 0.211. The van der Waals surface area contributed by atoms with Crippen LogP contribution in [-0.4, -0.2) is 38.5 Å². The Hall–Kier alpha value is -3.05. The molecule has 3 rings (SSSR count). The second-order valence-corrected chi connectivity index (χ2v) is 8.10. The third kappa shape index (κ3) is 4.57. The van der Waals surface area contributed by atoms with E-state index in [0.717, 1.165) is 12.1 Å². The summed E-state index contributed by atoms with van der Waals surface area (Å²) in [6.07, 6.45) is -3.69. The SMILES string of the molecule is C=CCN(CC(=O)Nc1ccc2c(c1)OCO2)S(=O)(=O)c1ccccc1C(F)(F)F. The van der Waals surface area contributed by atoms with Gasteiger partial charge in [0, 0.05) is 18.3 Å². The Morgan fingerprint density at radius 3 is 2.57 bits per heavy atom. The first-order chi connectivity index (χ1) is 14.1. The predicted octanol–water partition coefficient (Wildman–Crippen LogP) is 3.25. The molecule has 7 nitrogen and oxygen atoms in total. The Balaban J connectivity index is 1.83. The van der Waals surface area contributed by atoms with Gasteiger partial charge in [-0.3, -0.25) is 4.79 Å². The van der Waals surface area contributed by atoms with Gasteiger partial charge >= 0.3 is 6.18 Å². The monoisotopic (exact) mass is 442 g/mol. The molecule has 1 aliphatic heterocycles. The molecule has 0 unspecified atom stereocenters. The molecule has 1 aliphatic rings. The molecule has 0 aromatic heterocycles. The quantitative estimate of drug-likeness (QED) is 0.666. The summed E-state index contributed by atoms with van der Waals surface area (Å²) in [5.74, 6) is 0.152. The predicted molar refractivity (Wildman–Crippen MR) is 102 cm³/mol. The highest BCUT2D eigenvalue weighted by molar-refractivity contribution is 7.89. The Bertz CT molecular complexity index is 1070. The van der Waals surface area contributed by atoms with Crippen LogP contribution in [0.1, 0.15) is 5.56 Å². The van der Waals surface area contributed by atoms with Crippen LogP contribution in [0.25, 0.3) is 0 Å². The number of amides is 1. The molecule has 0 saturated carbocycles. The number of rotatable bonds is 7. The minimum absolute atomic E-state index is 0.0384. The van der Waals surface area contributed by atoms with Crippen LogP contribution in [0.2, 0.25) is 0 Å². The first-order valence-corrected chi connectivity index (χ1v) is 10.0. The summed E-state index contributed by atoms with van der Waals surface area (Å²) in [5, 5.41) is 2.49. The van der Waals surface area contributed by atoms with Gasteiger partial charge in [0.05, 0.1) is 17.0 Å². The lowest BCUT2D eigenvalue weighted by molar-refractivity contribution is -0.139. The summed E-state index contributed by atoms with van der Waals surface area (Å²) in [6, 6.07) is 8.38. The molecule has 2 aromatic carbocycles. The number of carbonyl (C=O) groups excluding carboxylic acids is 1. The van der Waals surface area contributed by atoms with E-state index in [9.17, 15) is 26.4 Å². The topological polar surface area (TPSA) is 84.9 Å². The fourth-order valence-corrected chi connectivity index (χ4v) is 4.37. The summed E-state index contributed by atoms with van der Waals surface area (Å²) < 4.78 is 76.6. The van der Waals surface area contributed by atoms with E-state index in [1.165, 1.54) is 24.3 Å². The zero-order valence-corrected chi connectivity index (χ0v) is 16.3. The Morgan fingerprint density at radius 1 is 1.17 bits per heavy atom. The van der Waals surface area contributed by atoms with E-state index < -0.39 is 39.1 Å². The van der Waals surface area contributed by atoms with Gasteiger partial charge in [-0.25, -0.2) is 8.42 Å². The van der Waals surface area contributed by atoms with Crippen LogP contribution in [0.15, 0.2) is 60.0 Å². The number of alkyl halides is 3. The maximum Gasteiger partial charge on any atom is 0.417 e. The summed E-state index contributed by atoms with van der Waals surface area (Å²) in [5.41, 5.74) is -0.994. The van der Waals surface area contributed by atoms with Crippen LogP contribution in [0.5, 0.6) is 11.5 Å². The number of ether oxygens (including phenoxy) is 2. The summed E-state index contributed by atoms with van der Waals surface area (Å²) in [4.78, 5) is 11.5. The molecule has 11 heteroatoms. The average Bonchev–Trinajstić information content (AvgIpc) is 3.15. The van der Waals surface area contributed by atoms with Crippen LogP contribution in [0.4, 0.5) is 18.9 Å². The molecule has 0 bridgehead atoms. The second kappa shape index (κ2) is 8.36. The molecule has 30 heavy (non-hydrogen) atoms. The number of hydrogen-bond donors (Lipinski definition) is 1. The third-order valence-electron chi connectivity index (χ3n) is 4.12. The van der Waals surface area contributed by atoms with E-state index in [2.05, 4.69) is 11.9 Å². The van der Waals surface area contributed by atoms with Crippen molar-refractivity contribution in [2.45, 2.75) is 11.1 Å². The van der Waals surface area contributed by atoms with Gasteiger partial charge in [0.15, 0.2) is 11.5 Å². The van der Waals surface area contributed by atoms with E-state index in [1.54, 1.807) is 6.07 Å². The van der Waals surface area contributed by atoms with Crippen molar-refractivity contribution < 1.29 is 35.9 Å². The lowest BCUT2D eigenvalue weighted by atomic mass is 10.2. The van der Waals surface area contributed by atoms with Crippen molar-refractivity contribution in [1.29, 1.82) is 0 Å². The van der Waals surface area contributed by atoms with Gasteiger partial charge in [-0.15, -0.1) is 6.58 Å². The lowest BCUT2D eigenvalue weighted by Gasteiger charge is -2.22. The van der Waals surface area contributed by atoms with E-state index in [-0.39, 0.29) is 13.3 Å². The van der Waals surface area contributed by atoms with Crippen molar-refractivity contribution >= 4 is 21.6 Å². The number of sulfonamides is 1. The highest BCUT2D eigenvalue weighted by Crippen LogP contribution is 2.36. The number of fused-ring (bicyclic) bond motifs is 1. The average molecular weight is 442 g/mol. The van der Waals surface area contributed by atoms with Gasteiger partial charge in [0.25, 0.3) is 0 Å². The lowest BCUT2D eigenvalue weighted by Crippen LogP contribution is -2.38. The van der Waals surface area contributed by atoms with Crippen molar-refractivity contribution in [1.82, 2.24) is 4.31 Å². The molecule has 160 valence electrons. The van der Waals surface area contributed by atoms with Crippen molar-refractivity contribution in [3.63, 3.8) is 0 Å². The number of halogens is 3. The molecule has 0 radical (unpaired) electrons. The maximum absolute atomic E-state index is 13.3. The van der Waals surface area contributed by atoms with Crippen molar-refractivity contribution in [3.8, 4) is 11.5 Å². The van der Waals surface area contributed by atoms with Crippen LogP contribution in [0.3, 0.4) is 0 Å². The number of hydrogen-bond acceptors (Lipinski definition) is 5.